The van der Waals surface area contributed by atoms with Crippen molar-refractivity contribution in [2.24, 2.45) is 0 Å². The second-order valence-corrected chi connectivity index (χ2v) is 8.19. The SMILES string of the molecule is Cc1ccc(C(C)(C)Cc2nc(C(F)(F)F)ccc2C(C)(C)C)cn1. The molecular formula is C20H25F3N2. The number of hydrogen-bond donors (Lipinski definition) is 0. The highest BCUT2D eigenvalue weighted by molar-refractivity contribution is 5.34. The molecule has 2 nitrogen and oxygen atoms in total. The maximum Gasteiger partial charge on any atom is 0.433 e. The number of aryl methyl sites for hydroxylation is 1. The number of halogens is 3. The summed E-state index contributed by atoms with van der Waals surface area (Å²) in [5, 5.41) is 0. The smallest absolute Gasteiger partial charge is 0.261 e. The van der Waals surface area contributed by atoms with Gasteiger partial charge in [0.15, 0.2) is 0 Å². The molecule has 2 aromatic heterocycles. The van der Waals surface area contributed by atoms with E-state index in [4.69, 9.17) is 0 Å². The lowest BCUT2D eigenvalue weighted by atomic mass is 9.77. The van der Waals surface area contributed by atoms with Gasteiger partial charge in [-0.3, -0.25) is 4.98 Å². The number of alkyl halides is 3. The molecule has 136 valence electrons. The normalized spacial score (nSPS) is 13.2. The summed E-state index contributed by atoms with van der Waals surface area (Å²) in [4.78, 5) is 8.31. The van der Waals surface area contributed by atoms with Gasteiger partial charge < -0.3 is 0 Å². The van der Waals surface area contributed by atoms with E-state index in [-0.39, 0.29) is 10.8 Å². The molecular weight excluding hydrogens is 325 g/mol. The Morgan fingerprint density at radius 1 is 0.920 bits per heavy atom. The fourth-order valence-electron chi connectivity index (χ4n) is 2.87. The van der Waals surface area contributed by atoms with Crippen LogP contribution in [0.25, 0.3) is 0 Å². The molecule has 0 aromatic carbocycles. The van der Waals surface area contributed by atoms with Crippen LogP contribution in [-0.2, 0) is 23.4 Å². The molecule has 2 aromatic rings. The Morgan fingerprint density at radius 2 is 1.56 bits per heavy atom. The molecule has 25 heavy (non-hydrogen) atoms. The average Bonchev–Trinajstić information content (AvgIpc) is 2.45. The number of hydrogen-bond acceptors (Lipinski definition) is 2. The molecule has 0 saturated carbocycles. The first-order valence-electron chi connectivity index (χ1n) is 8.31. The molecule has 0 aliphatic carbocycles. The summed E-state index contributed by atoms with van der Waals surface area (Å²) < 4.78 is 39.4. The van der Waals surface area contributed by atoms with Gasteiger partial charge in [0.2, 0.25) is 0 Å². The van der Waals surface area contributed by atoms with Crippen molar-refractivity contribution in [1.29, 1.82) is 0 Å². The summed E-state index contributed by atoms with van der Waals surface area (Å²) in [6.07, 6.45) is -2.24. The van der Waals surface area contributed by atoms with E-state index in [9.17, 15) is 13.2 Å². The Balaban J connectivity index is 2.50. The van der Waals surface area contributed by atoms with Crippen LogP contribution in [0.3, 0.4) is 0 Å². The molecule has 2 rings (SSSR count). The Hall–Kier alpha value is -1.91. The van der Waals surface area contributed by atoms with E-state index in [2.05, 4.69) is 9.97 Å². The van der Waals surface area contributed by atoms with Crippen LogP contribution in [0.2, 0.25) is 0 Å². The van der Waals surface area contributed by atoms with Gasteiger partial charge in [-0.2, -0.15) is 13.2 Å². The summed E-state index contributed by atoms with van der Waals surface area (Å²) in [6.45, 7) is 11.9. The van der Waals surface area contributed by atoms with Crippen molar-refractivity contribution in [3.8, 4) is 0 Å². The highest BCUT2D eigenvalue weighted by Crippen LogP contribution is 2.35. The molecule has 0 radical (unpaired) electrons. The van der Waals surface area contributed by atoms with Gasteiger partial charge in [-0.1, -0.05) is 46.8 Å². The zero-order chi connectivity index (χ0) is 19.0. The van der Waals surface area contributed by atoms with Crippen LogP contribution in [0, 0.1) is 6.92 Å². The third kappa shape index (κ3) is 4.59. The van der Waals surface area contributed by atoms with E-state index in [1.807, 2.05) is 53.7 Å². The summed E-state index contributed by atoms with van der Waals surface area (Å²) in [5.74, 6) is 0. The third-order valence-corrected chi connectivity index (χ3v) is 4.37. The molecule has 0 amide bonds. The molecule has 0 saturated heterocycles. The minimum atomic E-state index is -4.44. The molecule has 0 aliphatic rings. The first-order valence-corrected chi connectivity index (χ1v) is 8.31. The minimum absolute atomic E-state index is 0.284. The molecule has 0 spiro atoms. The van der Waals surface area contributed by atoms with Crippen LogP contribution in [0.5, 0.6) is 0 Å². The van der Waals surface area contributed by atoms with Crippen LogP contribution < -0.4 is 0 Å². The first-order chi connectivity index (χ1) is 11.3. The van der Waals surface area contributed by atoms with E-state index in [1.165, 1.54) is 0 Å². The van der Waals surface area contributed by atoms with Crippen molar-refractivity contribution in [3.63, 3.8) is 0 Å². The number of rotatable bonds is 3. The van der Waals surface area contributed by atoms with Crippen molar-refractivity contribution in [3.05, 3.63) is 58.7 Å². The van der Waals surface area contributed by atoms with E-state index in [1.54, 1.807) is 12.3 Å². The number of nitrogens with zero attached hydrogens (tertiary/aromatic N) is 2. The molecule has 0 N–H and O–H groups in total. The van der Waals surface area contributed by atoms with Crippen LogP contribution in [0.4, 0.5) is 13.2 Å². The lowest BCUT2D eigenvalue weighted by molar-refractivity contribution is -0.141. The fraction of sp³-hybridized carbons (Fsp3) is 0.500. The third-order valence-electron chi connectivity index (χ3n) is 4.37. The Kier molecular flexibility index (Phi) is 4.99. The molecule has 5 heteroatoms. The molecule has 0 bridgehead atoms. The lowest BCUT2D eigenvalue weighted by Crippen LogP contribution is -2.26. The van der Waals surface area contributed by atoms with Gasteiger partial charge in [0.1, 0.15) is 5.69 Å². The summed E-state index contributed by atoms with van der Waals surface area (Å²) >= 11 is 0. The summed E-state index contributed by atoms with van der Waals surface area (Å²) in [7, 11) is 0. The van der Waals surface area contributed by atoms with Gasteiger partial charge in [0.05, 0.1) is 0 Å². The van der Waals surface area contributed by atoms with Crippen molar-refractivity contribution >= 4 is 0 Å². The molecule has 0 atom stereocenters. The second kappa shape index (κ2) is 6.43. The van der Waals surface area contributed by atoms with E-state index in [0.29, 0.717) is 12.1 Å². The van der Waals surface area contributed by atoms with Gasteiger partial charge in [0.25, 0.3) is 0 Å². The standard InChI is InChI=1S/C20H25F3N2/c1-13-7-8-14(12-24-13)19(5,6)11-16-15(18(2,3)4)9-10-17(25-16)20(21,22)23/h7-10,12H,11H2,1-6H3. The lowest BCUT2D eigenvalue weighted by Gasteiger charge is -2.29. The quantitative estimate of drug-likeness (QED) is 0.718. The van der Waals surface area contributed by atoms with Gasteiger partial charge >= 0.3 is 6.18 Å². The van der Waals surface area contributed by atoms with Crippen molar-refractivity contribution < 1.29 is 13.2 Å². The minimum Gasteiger partial charge on any atom is -0.261 e. The monoisotopic (exact) mass is 350 g/mol. The average molecular weight is 350 g/mol. The van der Waals surface area contributed by atoms with Crippen molar-refractivity contribution in [2.75, 3.05) is 0 Å². The van der Waals surface area contributed by atoms with Crippen LogP contribution in [0.1, 0.15) is 62.8 Å². The van der Waals surface area contributed by atoms with Crippen molar-refractivity contribution in [1.82, 2.24) is 9.97 Å². The number of pyridine rings is 2. The van der Waals surface area contributed by atoms with Crippen molar-refractivity contribution in [2.45, 2.75) is 65.0 Å². The fourth-order valence-corrected chi connectivity index (χ4v) is 2.87. The van der Waals surface area contributed by atoms with Gasteiger partial charge in [0, 0.05) is 17.6 Å². The van der Waals surface area contributed by atoms with Gasteiger partial charge in [-0.15, -0.1) is 0 Å². The van der Waals surface area contributed by atoms with E-state index < -0.39 is 11.9 Å². The molecule has 0 aliphatic heterocycles. The molecule has 0 fully saturated rings. The van der Waals surface area contributed by atoms with Crippen LogP contribution in [0.15, 0.2) is 30.5 Å². The zero-order valence-electron chi connectivity index (χ0n) is 15.6. The Labute approximate surface area is 147 Å². The Bertz CT molecular complexity index is 739. The molecule has 2 heterocycles. The Morgan fingerprint density at radius 3 is 2.04 bits per heavy atom. The molecule has 0 unspecified atom stereocenters. The second-order valence-electron chi connectivity index (χ2n) is 8.19. The highest BCUT2D eigenvalue weighted by atomic mass is 19.4. The summed E-state index contributed by atoms with van der Waals surface area (Å²) in [5.41, 5.74) is 1.73. The first kappa shape index (κ1) is 19.4. The zero-order valence-corrected chi connectivity index (χ0v) is 15.6. The maximum atomic E-state index is 13.1. The van der Waals surface area contributed by atoms with Gasteiger partial charge in [-0.05, 0) is 47.4 Å². The van der Waals surface area contributed by atoms with E-state index in [0.717, 1.165) is 22.9 Å². The largest absolute Gasteiger partial charge is 0.433 e. The topological polar surface area (TPSA) is 25.8 Å². The van der Waals surface area contributed by atoms with Gasteiger partial charge in [-0.25, -0.2) is 4.98 Å². The van der Waals surface area contributed by atoms with Crippen LogP contribution in [-0.4, -0.2) is 9.97 Å². The predicted molar refractivity (Wildman–Crippen MR) is 93.6 cm³/mol. The predicted octanol–water partition coefficient (Wildman–Crippen LogP) is 5.62. The van der Waals surface area contributed by atoms with Crippen LogP contribution >= 0.6 is 0 Å². The van der Waals surface area contributed by atoms with E-state index >= 15 is 0 Å². The highest BCUT2D eigenvalue weighted by Gasteiger charge is 2.35. The number of aromatic nitrogens is 2. The summed E-state index contributed by atoms with van der Waals surface area (Å²) in [6, 6.07) is 6.53. The maximum absolute atomic E-state index is 13.1.